The molecule has 0 amide bonds. The number of nitrogens with zero attached hydrogens (tertiary/aromatic N) is 1. The van der Waals surface area contributed by atoms with E-state index >= 15 is 0 Å². The third-order valence-corrected chi connectivity index (χ3v) is 0.787. The summed E-state index contributed by atoms with van der Waals surface area (Å²) in [4.78, 5) is 11.4. The largest absolute Gasteiger partial charge is 0.477 e. The first-order chi connectivity index (χ1) is 3.55. The maximum atomic E-state index is 10.00. The van der Waals surface area contributed by atoms with E-state index in [0.717, 1.165) is 0 Å². The number of aliphatic carboxylic acids is 1. The Balaban J connectivity index is 3.84. The van der Waals surface area contributed by atoms with Gasteiger partial charge in [-0.05, 0) is 0 Å². The topological polar surface area (TPSA) is 40.5 Å². The maximum Gasteiger partial charge on any atom is 0.351 e. The zero-order valence-electron chi connectivity index (χ0n) is 5.01. The molecule has 0 aromatic heterocycles. The summed E-state index contributed by atoms with van der Waals surface area (Å²) in [5, 5.41) is 8.21. The molecule has 1 N–H and O–H groups in total. The van der Waals surface area contributed by atoms with E-state index in [1.54, 1.807) is 14.1 Å². The Labute approximate surface area is 48.2 Å². The zero-order chi connectivity index (χ0) is 6.73. The second kappa shape index (κ2) is 2.35. The van der Waals surface area contributed by atoms with E-state index in [1.807, 2.05) is 0 Å². The van der Waals surface area contributed by atoms with E-state index in [0.29, 0.717) is 0 Å². The highest BCUT2D eigenvalue weighted by Crippen LogP contribution is 1.91. The summed E-state index contributed by atoms with van der Waals surface area (Å²) < 4.78 is 0. The van der Waals surface area contributed by atoms with Crippen molar-refractivity contribution in [3.8, 4) is 0 Å². The quantitative estimate of drug-likeness (QED) is 0.520. The van der Waals surface area contributed by atoms with Crippen LogP contribution in [0.2, 0.25) is 0 Å². The van der Waals surface area contributed by atoms with Crippen LogP contribution in [0.3, 0.4) is 0 Å². The molecule has 0 heterocycles. The summed E-state index contributed by atoms with van der Waals surface area (Å²) in [6, 6.07) is 0. The fourth-order valence-corrected chi connectivity index (χ4v) is 0.191. The summed E-state index contributed by atoms with van der Waals surface area (Å²) in [6.45, 7) is 3.28. The van der Waals surface area contributed by atoms with Gasteiger partial charge in [0.05, 0.1) is 0 Å². The van der Waals surface area contributed by atoms with E-state index in [2.05, 4.69) is 6.58 Å². The predicted molar refractivity (Wildman–Crippen MR) is 30.5 cm³/mol. The van der Waals surface area contributed by atoms with E-state index in [9.17, 15) is 4.79 Å². The molecule has 0 saturated carbocycles. The third-order valence-electron chi connectivity index (χ3n) is 0.787. The van der Waals surface area contributed by atoms with E-state index in [4.69, 9.17) is 5.11 Å². The molecule has 3 heteroatoms. The predicted octanol–water partition coefficient (Wildman–Crippen LogP) is 0.146. The first-order valence-electron chi connectivity index (χ1n) is 2.15. The Morgan fingerprint density at radius 1 is 1.62 bits per heavy atom. The molecule has 0 rings (SSSR count). The van der Waals surface area contributed by atoms with Gasteiger partial charge in [0.2, 0.25) is 0 Å². The molecule has 0 aliphatic carbocycles. The van der Waals surface area contributed by atoms with Crippen molar-refractivity contribution in [2.24, 2.45) is 0 Å². The Morgan fingerprint density at radius 2 is 2.00 bits per heavy atom. The van der Waals surface area contributed by atoms with Crippen molar-refractivity contribution in [1.29, 1.82) is 0 Å². The fraction of sp³-hybridized carbons (Fsp3) is 0.400. The number of carbonyl (C=O) groups is 1. The van der Waals surface area contributed by atoms with Crippen molar-refractivity contribution in [1.82, 2.24) is 4.90 Å². The van der Waals surface area contributed by atoms with Crippen LogP contribution >= 0.6 is 0 Å². The number of carboxylic acid groups (broad SMARTS) is 1. The highest BCUT2D eigenvalue weighted by molar-refractivity contribution is 5.84. The molecule has 3 nitrogen and oxygen atoms in total. The van der Waals surface area contributed by atoms with Crippen LogP contribution in [0.15, 0.2) is 12.3 Å². The summed E-state index contributed by atoms with van der Waals surface area (Å²) in [7, 11) is 3.27. The molecule has 0 aromatic carbocycles. The second-order valence-corrected chi connectivity index (χ2v) is 1.65. The van der Waals surface area contributed by atoms with Crippen LogP contribution in [0.4, 0.5) is 0 Å². The van der Waals surface area contributed by atoms with Gasteiger partial charge in [0.1, 0.15) is 5.70 Å². The van der Waals surface area contributed by atoms with Gasteiger partial charge < -0.3 is 10.0 Å². The van der Waals surface area contributed by atoms with Crippen LogP contribution < -0.4 is 0 Å². The molecule has 8 heavy (non-hydrogen) atoms. The average Bonchev–Trinajstić information content (AvgIpc) is 1.64. The van der Waals surface area contributed by atoms with E-state index in [-0.39, 0.29) is 5.70 Å². The normalized spacial score (nSPS) is 8.25. The zero-order valence-corrected chi connectivity index (χ0v) is 5.01. The Hall–Kier alpha value is -0.990. The van der Waals surface area contributed by atoms with Crippen molar-refractivity contribution in [2.75, 3.05) is 14.1 Å². The van der Waals surface area contributed by atoms with Crippen LogP contribution in [0, 0.1) is 0 Å². The van der Waals surface area contributed by atoms with Gasteiger partial charge in [-0.3, -0.25) is 0 Å². The summed E-state index contributed by atoms with van der Waals surface area (Å²) >= 11 is 0. The van der Waals surface area contributed by atoms with E-state index in [1.165, 1.54) is 4.90 Å². The number of hydrogen-bond acceptors (Lipinski definition) is 2. The van der Waals surface area contributed by atoms with Gasteiger partial charge in [0.25, 0.3) is 0 Å². The van der Waals surface area contributed by atoms with Crippen LogP contribution in [0.5, 0.6) is 0 Å². The Kier molecular flexibility index (Phi) is 2.06. The Morgan fingerprint density at radius 3 is 2.00 bits per heavy atom. The molecule has 46 valence electrons. The van der Waals surface area contributed by atoms with Gasteiger partial charge >= 0.3 is 5.97 Å². The molecular formula is C5H9NO2. The minimum atomic E-state index is -0.977. The molecule has 0 aromatic rings. The van der Waals surface area contributed by atoms with Crippen LogP contribution in [0.25, 0.3) is 0 Å². The monoisotopic (exact) mass is 115 g/mol. The fourth-order valence-electron chi connectivity index (χ4n) is 0.191. The molecule has 0 spiro atoms. The minimum absolute atomic E-state index is 0.102. The number of rotatable bonds is 2. The van der Waals surface area contributed by atoms with Gasteiger partial charge in [-0.25, -0.2) is 4.79 Å². The second-order valence-electron chi connectivity index (χ2n) is 1.65. The van der Waals surface area contributed by atoms with Gasteiger partial charge in [-0.1, -0.05) is 6.58 Å². The molecule has 0 atom stereocenters. The number of hydrogen-bond donors (Lipinski definition) is 1. The summed E-state index contributed by atoms with van der Waals surface area (Å²) in [5.41, 5.74) is 0.102. The van der Waals surface area contributed by atoms with Crippen LogP contribution in [-0.2, 0) is 4.79 Å². The lowest BCUT2D eigenvalue weighted by Crippen LogP contribution is -2.17. The molecule has 0 bridgehead atoms. The summed E-state index contributed by atoms with van der Waals surface area (Å²) in [5.74, 6) is -0.977. The standard InChI is InChI=1S/C5H9NO2/c1-4(5(7)8)6(2)3/h1H2,2-3H3,(H,7,8). The Bertz CT molecular complexity index is 118. The molecule has 0 saturated heterocycles. The van der Waals surface area contributed by atoms with Gasteiger partial charge in [-0.2, -0.15) is 0 Å². The minimum Gasteiger partial charge on any atom is -0.477 e. The van der Waals surface area contributed by atoms with Crippen molar-refractivity contribution in [3.63, 3.8) is 0 Å². The maximum absolute atomic E-state index is 10.00. The highest BCUT2D eigenvalue weighted by atomic mass is 16.4. The van der Waals surface area contributed by atoms with Gasteiger partial charge in [-0.15, -0.1) is 0 Å². The van der Waals surface area contributed by atoms with Crippen LogP contribution in [-0.4, -0.2) is 30.1 Å². The number of likely N-dealkylation sites (N-methyl/N-ethyl adjacent to an activating group) is 1. The lowest BCUT2D eigenvalue weighted by molar-refractivity contribution is -0.134. The molecule has 0 aliphatic rings. The molecule has 0 unspecified atom stereocenters. The first kappa shape index (κ1) is 7.01. The van der Waals surface area contributed by atoms with Crippen LogP contribution in [0.1, 0.15) is 0 Å². The van der Waals surface area contributed by atoms with Crippen molar-refractivity contribution in [2.45, 2.75) is 0 Å². The average molecular weight is 115 g/mol. The van der Waals surface area contributed by atoms with Gasteiger partial charge in [0, 0.05) is 14.1 Å². The van der Waals surface area contributed by atoms with Crippen molar-refractivity contribution >= 4 is 5.97 Å². The lowest BCUT2D eigenvalue weighted by atomic mass is 10.5. The summed E-state index contributed by atoms with van der Waals surface area (Å²) in [6.07, 6.45) is 0. The number of carboxylic acids is 1. The van der Waals surface area contributed by atoms with E-state index < -0.39 is 5.97 Å². The molecule has 0 aliphatic heterocycles. The molecular weight excluding hydrogens is 106 g/mol. The molecule has 0 radical (unpaired) electrons. The third kappa shape index (κ3) is 1.64. The van der Waals surface area contributed by atoms with Crippen molar-refractivity contribution < 1.29 is 9.90 Å². The first-order valence-corrected chi connectivity index (χ1v) is 2.15. The molecule has 0 fully saturated rings. The lowest BCUT2D eigenvalue weighted by Gasteiger charge is -2.09. The highest BCUT2D eigenvalue weighted by Gasteiger charge is 2.02. The van der Waals surface area contributed by atoms with Gasteiger partial charge in [0.15, 0.2) is 0 Å². The van der Waals surface area contributed by atoms with Crippen molar-refractivity contribution in [3.05, 3.63) is 12.3 Å². The smallest absolute Gasteiger partial charge is 0.351 e. The SMILES string of the molecule is C=C(C(=O)O)N(C)C.